The minimum Gasteiger partial charge on any atom is -0.453 e. The number of rotatable bonds is 6. The molecule has 1 atom stereocenters. The Bertz CT molecular complexity index is 737. The molecule has 0 fully saturated rings. The van der Waals surface area contributed by atoms with Gasteiger partial charge in [-0.1, -0.05) is 24.3 Å². The van der Waals surface area contributed by atoms with E-state index in [2.05, 4.69) is 25.6 Å². The largest absolute Gasteiger partial charge is 0.453 e. The molecule has 138 valence electrons. The topological polar surface area (TPSA) is 82.7 Å². The molecule has 0 aromatic heterocycles. The van der Waals surface area contributed by atoms with Crippen LogP contribution in [0.2, 0.25) is 0 Å². The highest BCUT2D eigenvalue weighted by molar-refractivity contribution is 5.91. The molecule has 0 radical (unpaired) electrons. The van der Waals surface area contributed by atoms with Crippen LogP contribution in [0.15, 0.2) is 54.6 Å². The van der Waals surface area contributed by atoms with Crippen LogP contribution in [0, 0.1) is 0 Å². The Hall–Kier alpha value is -3.22. The highest BCUT2D eigenvalue weighted by Gasteiger charge is 2.11. The van der Waals surface area contributed by atoms with Gasteiger partial charge in [0.15, 0.2) is 0 Å². The number of ether oxygens (including phenoxy) is 1. The second-order valence-electron chi connectivity index (χ2n) is 5.83. The van der Waals surface area contributed by atoms with E-state index < -0.39 is 6.09 Å². The minimum absolute atomic E-state index is 0.121. The van der Waals surface area contributed by atoms with Crippen molar-refractivity contribution in [3.63, 3.8) is 0 Å². The lowest BCUT2D eigenvalue weighted by atomic mass is 10.2. The van der Waals surface area contributed by atoms with Gasteiger partial charge < -0.3 is 20.3 Å². The van der Waals surface area contributed by atoms with E-state index in [-0.39, 0.29) is 12.1 Å². The number of anilines is 3. The van der Waals surface area contributed by atoms with Crippen LogP contribution >= 0.6 is 0 Å². The third-order valence-corrected chi connectivity index (χ3v) is 3.93. The zero-order chi connectivity index (χ0) is 18.9. The first-order valence-corrected chi connectivity index (χ1v) is 8.27. The molecule has 0 bridgehead atoms. The van der Waals surface area contributed by atoms with E-state index in [1.165, 1.54) is 7.11 Å². The van der Waals surface area contributed by atoms with Crippen molar-refractivity contribution in [3.05, 3.63) is 54.6 Å². The van der Waals surface area contributed by atoms with E-state index >= 15 is 0 Å². The Balaban J connectivity index is 1.85. The van der Waals surface area contributed by atoms with Gasteiger partial charge in [0.05, 0.1) is 7.11 Å². The number of carbonyl (C=O) groups is 2. The number of likely N-dealkylation sites (N-methyl/N-ethyl adjacent to an activating group) is 1. The molecule has 0 aliphatic heterocycles. The van der Waals surface area contributed by atoms with Gasteiger partial charge in [0, 0.05) is 36.7 Å². The van der Waals surface area contributed by atoms with E-state index in [1.54, 1.807) is 24.3 Å². The summed E-state index contributed by atoms with van der Waals surface area (Å²) >= 11 is 0. The first kappa shape index (κ1) is 19.1. The molecule has 7 nitrogen and oxygen atoms in total. The molecule has 0 spiro atoms. The van der Waals surface area contributed by atoms with Crippen LogP contribution in [0.5, 0.6) is 0 Å². The van der Waals surface area contributed by atoms with Crippen LogP contribution in [-0.4, -0.2) is 38.9 Å². The Labute approximate surface area is 153 Å². The maximum atomic E-state index is 12.1. The van der Waals surface area contributed by atoms with Gasteiger partial charge in [-0.3, -0.25) is 5.32 Å². The SMILES string of the molecule is COC(=O)Nc1cccc(NC(=O)NC[C@H](C)N(C)c2ccccc2)c1. The van der Waals surface area contributed by atoms with Crippen molar-refractivity contribution >= 4 is 29.2 Å². The number of carbonyl (C=O) groups excluding carboxylic acids is 2. The third-order valence-electron chi connectivity index (χ3n) is 3.93. The van der Waals surface area contributed by atoms with Crippen LogP contribution in [0.1, 0.15) is 6.92 Å². The van der Waals surface area contributed by atoms with Crippen molar-refractivity contribution < 1.29 is 14.3 Å². The molecule has 0 saturated heterocycles. The molecular weight excluding hydrogens is 332 g/mol. The van der Waals surface area contributed by atoms with Crippen LogP contribution < -0.4 is 20.9 Å². The molecular formula is C19H24N4O3. The molecule has 3 amide bonds. The number of methoxy groups -OCH3 is 1. The molecule has 2 aromatic carbocycles. The minimum atomic E-state index is -0.565. The number of hydrogen-bond donors (Lipinski definition) is 3. The number of nitrogens with zero attached hydrogens (tertiary/aromatic N) is 1. The summed E-state index contributed by atoms with van der Waals surface area (Å²) in [6, 6.07) is 16.6. The predicted molar refractivity (Wildman–Crippen MR) is 104 cm³/mol. The highest BCUT2D eigenvalue weighted by atomic mass is 16.5. The molecule has 26 heavy (non-hydrogen) atoms. The monoisotopic (exact) mass is 356 g/mol. The number of urea groups is 1. The summed E-state index contributed by atoms with van der Waals surface area (Å²) in [5, 5.41) is 8.15. The standard InChI is InChI=1S/C19H24N4O3/c1-14(23(2)17-10-5-4-6-11-17)13-20-18(24)21-15-8-7-9-16(12-15)22-19(25)26-3/h4-12,14H,13H2,1-3H3,(H,22,25)(H2,20,21,24)/t14-/m0/s1. The Morgan fingerprint density at radius 1 is 1.04 bits per heavy atom. The molecule has 0 aliphatic carbocycles. The van der Waals surface area contributed by atoms with E-state index in [4.69, 9.17) is 0 Å². The average molecular weight is 356 g/mol. The second-order valence-corrected chi connectivity index (χ2v) is 5.83. The van der Waals surface area contributed by atoms with Gasteiger partial charge in [-0.2, -0.15) is 0 Å². The number of hydrogen-bond acceptors (Lipinski definition) is 4. The maximum Gasteiger partial charge on any atom is 0.411 e. The van der Waals surface area contributed by atoms with Crippen molar-refractivity contribution in [2.45, 2.75) is 13.0 Å². The van der Waals surface area contributed by atoms with Gasteiger partial charge in [0.25, 0.3) is 0 Å². The van der Waals surface area contributed by atoms with Gasteiger partial charge in [0.2, 0.25) is 0 Å². The Morgan fingerprint density at radius 2 is 1.69 bits per heavy atom. The zero-order valence-corrected chi connectivity index (χ0v) is 15.2. The number of benzene rings is 2. The predicted octanol–water partition coefficient (Wildman–Crippen LogP) is 3.51. The van der Waals surface area contributed by atoms with E-state index in [0.29, 0.717) is 17.9 Å². The lowest BCUT2D eigenvalue weighted by Gasteiger charge is -2.27. The molecule has 3 N–H and O–H groups in total. The first-order chi connectivity index (χ1) is 12.5. The quantitative estimate of drug-likeness (QED) is 0.740. The summed E-state index contributed by atoms with van der Waals surface area (Å²) in [4.78, 5) is 25.4. The lowest BCUT2D eigenvalue weighted by molar-refractivity contribution is 0.187. The highest BCUT2D eigenvalue weighted by Crippen LogP contribution is 2.16. The molecule has 0 unspecified atom stereocenters. The molecule has 2 rings (SSSR count). The smallest absolute Gasteiger partial charge is 0.411 e. The average Bonchev–Trinajstić information content (AvgIpc) is 2.66. The van der Waals surface area contributed by atoms with Crippen LogP contribution in [0.4, 0.5) is 26.7 Å². The maximum absolute atomic E-state index is 12.1. The molecule has 7 heteroatoms. The van der Waals surface area contributed by atoms with Gasteiger partial charge >= 0.3 is 12.1 Å². The lowest BCUT2D eigenvalue weighted by Crippen LogP contribution is -2.41. The van der Waals surface area contributed by atoms with Crippen molar-refractivity contribution in [2.75, 3.05) is 36.2 Å². The zero-order valence-electron chi connectivity index (χ0n) is 15.2. The number of nitrogens with one attached hydrogen (secondary N) is 3. The van der Waals surface area contributed by atoms with Crippen LogP contribution in [0.25, 0.3) is 0 Å². The summed E-state index contributed by atoms with van der Waals surface area (Å²) in [6.07, 6.45) is -0.565. The summed E-state index contributed by atoms with van der Waals surface area (Å²) in [7, 11) is 3.28. The summed E-state index contributed by atoms with van der Waals surface area (Å²) in [6.45, 7) is 2.52. The van der Waals surface area contributed by atoms with Gasteiger partial charge in [-0.05, 0) is 37.3 Å². The Morgan fingerprint density at radius 3 is 2.35 bits per heavy atom. The second kappa shape index (κ2) is 9.31. The fraction of sp³-hybridized carbons (Fsp3) is 0.263. The van der Waals surface area contributed by atoms with Gasteiger partial charge in [0.1, 0.15) is 0 Å². The van der Waals surface area contributed by atoms with Gasteiger partial charge in [-0.25, -0.2) is 9.59 Å². The van der Waals surface area contributed by atoms with Crippen LogP contribution in [0.3, 0.4) is 0 Å². The van der Waals surface area contributed by atoms with Crippen molar-refractivity contribution in [1.29, 1.82) is 0 Å². The summed E-state index contributed by atoms with van der Waals surface area (Å²) in [5.41, 5.74) is 2.19. The third kappa shape index (κ3) is 5.70. The molecule has 0 saturated carbocycles. The fourth-order valence-corrected chi connectivity index (χ4v) is 2.31. The number of para-hydroxylation sites is 1. The summed E-state index contributed by atoms with van der Waals surface area (Å²) < 4.78 is 4.54. The van der Waals surface area contributed by atoms with Crippen LogP contribution in [-0.2, 0) is 4.74 Å². The van der Waals surface area contributed by atoms with E-state index in [0.717, 1.165) is 5.69 Å². The Kier molecular flexibility index (Phi) is 6.84. The van der Waals surface area contributed by atoms with Crippen molar-refractivity contribution in [2.24, 2.45) is 0 Å². The molecule has 2 aromatic rings. The molecule has 0 aliphatic rings. The first-order valence-electron chi connectivity index (χ1n) is 8.27. The fourth-order valence-electron chi connectivity index (χ4n) is 2.31. The molecule has 0 heterocycles. The van der Waals surface area contributed by atoms with E-state index in [9.17, 15) is 9.59 Å². The van der Waals surface area contributed by atoms with E-state index in [1.807, 2.05) is 44.3 Å². The van der Waals surface area contributed by atoms with Crippen molar-refractivity contribution in [3.8, 4) is 0 Å². The number of amides is 3. The summed E-state index contributed by atoms with van der Waals surface area (Å²) in [5.74, 6) is 0. The normalized spacial score (nSPS) is 11.2. The van der Waals surface area contributed by atoms with Gasteiger partial charge in [-0.15, -0.1) is 0 Å². The van der Waals surface area contributed by atoms with Crippen molar-refractivity contribution in [1.82, 2.24) is 5.32 Å².